The smallest absolute Gasteiger partial charge is 0.418 e. The zero-order chi connectivity index (χ0) is 31.4. The first-order valence-electron chi connectivity index (χ1n) is 14.6. The van der Waals surface area contributed by atoms with Crippen molar-refractivity contribution in [2.24, 2.45) is 0 Å². The molecule has 45 heavy (non-hydrogen) atoms. The molecule has 5 aromatic rings. The van der Waals surface area contributed by atoms with Crippen molar-refractivity contribution >= 4 is 16.7 Å². The average Bonchev–Trinajstić information content (AvgIpc) is 3.50. The Bertz CT molecular complexity index is 1810. The normalized spacial score (nSPS) is 14.2. The molecular formula is C33H32F3N5O4. The maximum atomic E-state index is 13.4. The molecule has 9 nitrogen and oxygen atoms in total. The van der Waals surface area contributed by atoms with E-state index in [0.717, 1.165) is 17.3 Å². The lowest BCUT2D eigenvalue weighted by Gasteiger charge is -2.36. The Labute approximate surface area is 257 Å². The summed E-state index contributed by atoms with van der Waals surface area (Å²) in [7, 11) is 1.59. The van der Waals surface area contributed by atoms with E-state index in [2.05, 4.69) is 15.2 Å². The molecule has 0 aliphatic carbocycles. The van der Waals surface area contributed by atoms with Crippen LogP contribution in [0.5, 0.6) is 11.5 Å². The van der Waals surface area contributed by atoms with E-state index in [1.807, 2.05) is 18.3 Å². The Balaban J connectivity index is 0.973. The highest BCUT2D eigenvalue weighted by molar-refractivity contribution is 5.82. The summed E-state index contributed by atoms with van der Waals surface area (Å²) < 4.78 is 58.9. The van der Waals surface area contributed by atoms with Crippen LogP contribution < -0.4 is 19.8 Å². The Morgan fingerprint density at radius 2 is 1.71 bits per heavy atom. The first-order valence-corrected chi connectivity index (χ1v) is 14.6. The SMILES string of the molecule is COc1ccc(-c2coc3cc(OCCCn4cc(CN5CCN(c6ccccc6C(F)(F)F)CC5)nn4)ccc3c2=O)cc1. The van der Waals surface area contributed by atoms with E-state index in [1.165, 1.54) is 18.4 Å². The number of nitrogens with zero attached hydrogens (tertiary/aromatic N) is 5. The van der Waals surface area contributed by atoms with Crippen LogP contribution in [0.2, 0.25) is 0 Å². The molecular weight excluding hydrogens is 587 g/mol. The van der Waals surface area contributed by atoms with Crippen LogP contribution in [0, 0.1) is 0 Å². The van der Waals surface area contributed by atoms with Gasteiger partial charge in [-0.15, -0.1) is 5.10 Å². The number of alkyl halides is 3. The molecule has 1 fully saturated rings. The number of fused-ring (bicyclic) bond motifs is 1. The summed E-state index contributed by atoms with van der Waals surface area (Å²) in [6.45, 7) is 3.86. The summed E-state index contributed by atoms with van der Waals surface area (Å²) in [5.41, 5.74) is 1.97. The van der Waals surface area contributed by atoms with Crippen LogP contribution in [0.3, 0.4) is 0 Å². The lowest BCUT2D eigenvalue weighted by atomic mass is 10.1. The maximum Gasteiger partial charge on any atom is 0.418 e. The molecule has 1 aliphatic rings. The molecule has 1 saturated heterocycles. The summed E-state index contributed by atoms with van der Waals surface area (Å²) in [5.74, 6) is 1.30. The summed E-state index contributed by atoms with van der Waals surface area (Å²) in [6.07, 6.45) is -0.353. The molecule has 0 atom stereocenters. The number of hydrogen-bond acceptors (Lipinski definition) is 8. The van der Waals surface area contributed by atoms with Crippen LogP contribution in [0.25, 0.3) is 22.1 Å². The second kappa shape index (κ2) is 13.0. The summed E-state index contributed by atoms with van der Waals surface area (Å²) in [6, 6.07) is 18.1. The molecule has 6 rings (SSSR count). The summed E-state index contributed by atoms with van der Waals surface area (Å²) >= 11 is 0. The fourth-order valence-corrected chi connectivity index (χ4v) is 5.47. The third-order valence-corrected chi connectivity index (χ3v) is 7.84. The molecule has 234 valence electrons. The number of ether oxygens (including phenoxy) is 2. The van der Waals surface area contributed by atoms with Crippen molar-refractivity contribution in [1.29, 1.82) is 0 Å². The van der Waals surface area contributed by atoms with Crippen molar-refractivity contribution in [3.05, 3.63) is 101 Å². The quantitative estimate of drug-likeness (QED) is 0.180. The summed E-state index contributed by atoms with van der Waals surface area (Å²) in [4.78, 5) is 17.0. The number of hydrogen-bond donors (Lipinski definition) is 0. The molecule has 0 spiro atoms. The number of benzene rings is 3. The number of para-hydroxylation sites is 1. The minimum atomic E-state index is -4.38. The van der Waals surface area contributed by atoms with Gasteiger partial charge in [-0.2, -0.15) is 13.2 Å². The third kappa shape index (κ3) is 6.96. The van der Waals surface area contributed by atoms with Crippen LogP contribution in [0.1, 0.15) is 17.7 Å². The number of anilines is 1. The van der Waals surface area contributed by atoms with E-state index in [1.54, 1.807) is 53.1 Å². The van der Waals surface area contributed by atoms with Crippen molar-refractivity contribution < 1.29 is 27.1 Å². The minimum absolute atomic E-state index is 0.122. The minimum Gasteiger partial charge on any atom is -0.497 e. The fraction of sp³-hybridized carbons (Fsp3) is 0.303. The van der Waals surface area contributed by atoms with Crippen molar-refractivity contribution in [3.63, 3.8) is 0 Å². The second-order valence-corrected chi connectivity index (χ2v) is 10.8. The van der Waals surface area contributed by atoms with E-state index in [0.29, 0.717) is 80.3 Å². The van der Waals surface area contributed by atoms with Crippen molar-refractivity contribution in [2.45, 2.75) is 25.7 Å². The maximum absolute atomic E-state index is 13.4. The van der Waals surface area contributed by atoms with Gasteiger partial charge in [0.15, 0.2) is 5.43 Å². The molecule has 1 aliphatic heterocycles. The van der Waals surface area contributed by atoms with Crippen LogP contribution in [-0.4, -0.2) is 59.8 Å². The Hall–Kier alpha value is -4.84. The molecule has 0 bridgehead atoms. The molecule has 0 radical (unpaired) electrons. The number of aromatic nitrogens is 3. The average molecular weight is 620 g/mol. The van der Waals surface area contributed by atoms with Gasteiger partial charge in [0.1, 0.15) is 23.3 Å². The largest absolute Gasteiger partial charge is 0.497 e. The second-order valence-electron chi connectivity index (χ2n) is 10.8. The molecule has 0 saturated carbocycles. The lowest BCUT2D eigenvalue weighted by Crippen LogP contribution is -2.46. The van der Waals surface area contributed by atoms with Gasteiger partial charge in [0.2, 0.25) is 0 Å². The van der Waals surface area contributed by atoms with Gasteiger partial charge in [0, 0.05) is 63.6 Å². The third-order valence-electron chi connectivity index (χ3n) is 7.84. The molecule has 0 unspecified atom stereocenters. The number of rotatable bonds is 10. The summed E-state index contributed by atoms with van der Waals surface area (Å²) in [5, 5.41) is 8.95. The fourth-order valence-electron chi connectivity index (χ4n) is 5.47. The Morgan fingerprint density at radius 1 is 0.956 bits per heavy atom. The van der Waals surface area contributed by atoms with Gasteiger partial charge in [-0.3, -0.25) is 14.4 Å². The molecule has 3 aromatic carbocycles. The van der Waals surface area contributed by atoms with Crippen LogP contribution in [-0.2, 0) is 19.3 Å². The highest BCUT2D eigenvalue weighted by atomic mass is 19.4. The monoisotopic (exact) mass is 619 g/mol. The number of aryl methyl sites for hydroxylation is 1. The van der Waals surface area contributed by atoms with E-state index in [9.17, 15) is 18.0 Å². The highest BCUT2D eigenvalue weighted by Gasteiger charge is 2.35. The van der Waals surface area contributed by atoms with Gasteiger partial charge in [0.05, 0.1) is 35.9 Å². The van der Waals surface area contributed by atoms with E-state index in [4.69, 9.17) is 13.9 Å². The Morgan fingerprint density at radius 3 is 2.47 bits per heavy atom. The van der Waals surface area contributed by atoms with Gasteiger partial charge < -0.3 is 18.8 Å². The molecule has 2 aromatic heterocycles. The molecule has 3 heterocycles. The predicted octanol–water partition coefficient (Wildman–Crippen LogP) is 5.87. The van der Waals surface area contributed by atoms with Crippen LogP contribution in [0.4, 0.5) is 18.9 Å². The van der Waals surface area contributed by atoms with Gasteiger partial charge in [-0.1, -0.05) is 29.5 Å². The van der Waals surface area contributed by atoms with Crippen LogP contribution >= 0.6 is 0 Å². The standard InChI is InChI=1S/C33H32F3N5O4/c1-43-25-9-7-23(8-10-25)28-22-45-31-19-26(11-12-27(31)32(28)42)44-18-4-13-41-21-24(37-38-41)20-39-14-16-40(17-15-39)30-6-3-2-5-29(30)33(34,35)36/h2-3,5-12,19,21-22H,4,13-18,20H2,1H3. The first kappa shape index (κ1) is 30.2. The van der Waals surface area contributed by atoms with E-state index >= 15 is 0 Å². The predicted molar refractivity (Wildman–Crippen MR) is 164 cm³/mol. The number of piperazine rings is 1. The lowest BCUT2D eigenvalue weighted by molar-refractivity contribution is -0.137. The topological polar surface area (TPSA) is 85.9 Å². The molecule has 0 N–H and O–H groups in total. The van der Waals surface area contributed by atoms with Crippen molar-refractivity contribution in [1.82, 2.24) is 19.9 Å². The van der Waals surface area contributed by atoms with E-state index in [-0.39, 0.29) is 11.1 Å². The zero-order valence-electron chi connectivity index (χ0n) is 24.7. The first-order chi connectivity index (χ1) is 21.8. The van der Waals surface area contributed by atoms with Gasteiger partial charge >= 0.3 is 6.18 Å². The van der Waals surface area contributed by atoms with Gasteiger partial charge in [-0.25, -0.2) is 0 Å². The zero-order valence-corrected chi connectivity index (χ0v) is 24.7. The van der Waals surface area contributed by atoms with Crippen LogP contribution in [0.15, 0.2) is 88.4 Å². The van der Waals surface area contributed by atoms with Crippen molar-refractivity contribution in [3.8, 4) is 22.6 Å². The van der Waals surface area contributed by atoms with E-state index < -0.39 is 11.7 Å². The van der Waals surface area contributed by atoms with Gasteiger partial charge in [0.25, 0.3) is 0 Å². The van der Waals surface area contributed by atoms with Crippen molar-refractivity contribution in [2.75, 3.05) is 44.8 Å². The molecule has 12 heteroatoms. The molecule has 0 amide bonds. The number of methoxy groups -OCH3 is 1. The van der Waals surface area contributed by atoms with Gasteiger partial charge in [-0.05, 0) is 42.0 Å². The highest BCUT2D eigenvalue weighted by Crippen LogP contribution is 2.36. The number of halogens is 3. The Kier molecular flexibility index (Phi) is 8.74.